The molecule has 0 saturated carbocycles. The summed E-state index contributed by atoms with van der Waals surface area (Å²) in [6.45, 7) is 8.58. The van der Waals surface area contributed by atoms with Crippen molar-refractivity contribution in [1.82, 2.24) is 15.3 Å². The van der Waals surface area contributed by atoms with Gasteiger partial charge in [-0.3, -0.25) is 4.79 Å². The molecule has 30 heavy (non-hydrogen) atoms. The van der Waals surface area contributed by atoms with Crippen LogP contribution in [-0.4, -0.2) is 29.0 Å². The molecule has 3 aromatic rings. The Bertz CT molecular complexity index is 1040. The van der Waals surface area contributed by atoms with Crippen molar-refractivity contribution in [2.24, 2.45) is 0 Å². The van der Waals surface area contributed by atoms with Gasteiger partial charge in [0.05, 0.1) is 0 Å². The summed E-state index contributed by atoms with van der Waals surface area (Å²) in [7, 11) is 0. The Balaban J connectivity index is 1.75. The van der Waals surface area contributed by atoms with Gasteiger partial charge in [-0.15, -0.1) is 0 Å². The molecule has 7 heteroatoms. The first kappa shape index (κ1) is 20.9. The Morgan fingerprint density at radius 2 is 2.03 bits per heavy atom. The summed E-state index contributed by atoms with van der Waals surface area (Å²) in [4.78, 5) is 20.8. The van der Waals surface area contributed by atoms with Crippen LogP contribution < -0.4 is 20.7 Å². The molecule has 1 heterocycles. The number of anilines is 4. The minimum Gasteiger partial charge on any atom is -0.489 e. The second-order valence-electron chi connectivity index (χ2n) is 6.53. The Labute approximate surface area is 176 Å². The Kier molecular flexibility index (Phi) is 7.00. The van der Waals surface area contributed by atoms with Crippen LogP contribution in [0, 0.1) is 6.92 Å². The number of ether oxygens (including phenoxy) is 1. The van der Waals surface area contributed by atoms with Gasteiger partial charge in [-0.1, -0.05) is 24.8 Å². The van der Waals surface area contributed by atoms with Crippen LogP contribution in [0.2, 0.25) is 0 Å². The zero-order chi connectivity index (χ0) is 21.3. The SMILES string of the molecule is C=CCOc1ccc(C)c(Nc2ccnc(Nc3cccc(C(=O)NCC)c3)n2)c1. The van der Waals surface area contributed by atoms with Crippen LogP contribution in [0.4, 0.5) is 23.1 Å². The van der Waals surface area contributed by atoms with Crippen LogP contribution in [0.5, 0.6) is 5.75 Å². The molecule has 0 bridgehead atoms. The van der Waals surface area contributed by atoms with Crippen molar-refractivity contribution < 1.29 is 9.53 Å². The molecule has 7 nitrogen and oxygen atoms in total. The Hall–Kier alpha value is -3.87. The van der Waals surface area contributed by atoms with E-state index in [0.717, 1.165) is 22.7 Å². The van der Waals surface area contributed by atoms with E-state index >= 15 is 0 Å². The predicted molar refractivity (Wildman–Crippen MR) is 120 cm³/mol. The van der Waals surface area contributed by atoms with E-state index < -0.39 is 0 Å². The molecule has 0 unspecified atom stereocenters. The lowest BCUT2D eigenvalue weighted by atomic mass is 10.2. The summed E-state index contributed by atoms with van der Waals surface area (Å²) in [6.07, 6.45) is 3.37. The van der Waals surface area contributed by atoms with Gasteiger partial charge >= 0.3 is 0 Å². The fourth-order valence-electron chi connectivity index (χ4n) is 2.74. The number of benzene rings is 2. The highest BCUT2D eigenvalue weighted by atomic mass is 16.5. The maximum Gasteiger partial charge on any atom is 0.251 e. The lowest BCUT2D eigenvalue weighted by Gasteiger charge is -2.12. The molecule has 1 amide bonds. The molecular weight excluding hydrogens is 378 g/mol. The second-order valence-corrected chi connectivity index (χ2v) is 6.53. The number of nitrogens with one attached hydrogen (secondary N) is 3. The molecule has 3 N–H and O–H groups in total. The summed E-state index contributed by atoms with van der Waals surface area (Å²) < 4.78 is 5.60. The molecule has 1 aromatic heterocycles. The molecule has 0 aliphatic rings. The molecule has 0 spiro atoms. The maximum atomic E-state index is 12.0. The predicted octanol–water partition coefficient (Wildman–Crippen LogP) is 4.59. The number of rotatable bonds is 9. The molecule has 0 aliphatic heterocycles. The largest absolute Gasteiger partial charge is 0.489 e. The number of carbonyl (C=O) groups is 1. The maximum absolute atomic E-state index is 12.0. The van der Waals surface area contributed by atoms with Crippen molar-refractivity contribution in [3.8, 4) is 5.75 Å². The Morgan fingerprint density at radius 3 is 2.83 bits per heavy atom. The van der Waals surface area contributed by atoms with Gasteiger partial charge in [-0.2, -0.15) is 4.98 Å². The fraction of sp³-hybridized carbons (Fsp3) is 0.174. The van der Waals surface area contributed by atoms with Crippen LogP contribution in [0.1, 0.15) is 22.8 Å². The highest BCUT2D eigenvalue weighted by Crippen LogP contribution is 2.25. The minimum absolute atomic E-state index is 0.119. The van der Waals surface area contributed by atoms with Gasteiger partial charge < -0.3 is 20.7 Å². The lowest BCUT2D eigenvalue weighted by Crippen LogP contribution is -2.22. The monoisotopic (exact) mass is 403 g/mol. The van der Waals surface area contributed by atoms with E-state index in [4.69, 9.17) is 4.74 Å². The third-order valence-electron chi connectivity index (χ3n) is 4.21. The van der Waals surface area contributed by atoms with E-state index in [-0.39, 0.29) is 5.91 Å². The standard InChI is InChI=1S/C23H25N5O2/c1-4-13-30-19-10-9-16(3)20(15-19)27-21-11-12-25-23(28-21)26-18-8-6-7-17(14-18)22(29)24-5-2/h4,6-12,14-15H,1,5,13H2,2-3H3,(H,24,29)(H2,25,26,27,28). The van der Waals surface area contributed by atoms with Gasteiger partial charge in [-0.25, -0.2) is 4.98 Å². The van der Waals surface area contributed by atoms with Crippen LogP contribution in [0.3, 0.4) is 0 Å². The zero-order valence-electron chi connectivity index (χ0n) is 17.1. The smallest absolute Gasteiger partial charge is 0.251 e. The number of hydrogen-bond donors (Lipinski definition) is 3. The summed E-state index contributed by atoms with van der Waals surface area (Å²) in [5.41, 5.74) is 3.25. The van der Waals surface area contributed by atoms with Crippen molar-refractivity contribution in [3.05, 3.63) is 78.5 Å². The first-order valence-corrected chi connectivity index (χ1v) is 9.68. The molecule has 3 rings (SSSR count). The number of hydrogen-bond acceptors (Lipinski definition) is 6. The first-order chi connectivity index (χ1) is 14.6. The van der Waals surface area contributed by atoms with Gasteiger partial charge in [0, 0.05) is 35.7 Å². The van der Waals surface area contributed by atoms with E-state index in [1.807, 2.05) is 44.2 Å². The van der Waals surface area contributed by atoms with E-state index in [2.05, 4.69) is 32.5 Å². The number of aryl methyl sites for hydroxylation is 1. The van der Waals surface area contributed by atoms with Crippen molar-refractivity contribution in [3.63, 3.8) is 0 Å². The molecule has 0 radical (unpaired) electrons. The molecule has 0 fully saturated rings. The van der Waals surface area contributed by atoms with E-state index in [9.17, 15) is 4.79 Å². The van der Waals surface area contributed by atoms with Crippen LogP contribution in [0.25, 0.3) is 0 Å². The van der Waals surface area contributed by atoms with Crippen LogP contribution in [-0.2, 0) is 0 Å². The third kappa shape index (κ3) is 5.57. The van der Waals surface area contributed by atoms with Crippen LogP contribution in [0.15, 0.2) is 67.4 Å². The molecule has 154 valence electrons. The average Bonchev–Trinajstić information content (AvgIpc) is 2.75. The highest BCUT2D eigenvalue weighted by Gasteiger charge is 2.07. The number of nitrogens with zero attached hydrogens (tertiary/aromatic N) is 2. The zero-order valence-corrected chi connectivity index (χ0v) is 17.1. The Morgan fingerprint density at radius 1 is 1.17 bits per heavy atom. The van der Waals surface area contributed by atoms with E-state index in [1.165, 1.54) is 0 Å². The summed E-state index contributed by atoms with van der Waals surface area (Å²) in [6, 6.07) is 14.8. The van der Waals surface area contributed by atoms with E-state index in [0.29, 0.717) is 30.5 Å². The molecular formula is C23H25N5O2. The number of carbonyl (C=O) groups excluding carboxylic acids is 1. The third-order valence-corrected chi connectivity index (χ3v) is 4.21. The number of amides is 1. The van der Waals surface area contributed by atoms with Crippen molar-refractivity contribution in [1.29, 1.82) is 0 Å². The second kappa shape index (κ2) is 10.1. The summed E-state index contributed by atoms with van der Waals surface area (Å²) in [5, 5.41) is 9.23. The van der Waals surface area contributed by atoms with Gasteiger partial charge in [0.15, 0.2) is 0 Å². The first-order valence-electron chi connectivity index (χ1n) is 9.68. The normalized spacial score (nSPS) is 10.2. The van der Waals surface area contributed by atoms with Crippen LogP contribution >= 0.6 is 0 Å². The fourth-order valence-corrected chi connectivity index (χ4v) is 2.74. The quantitative estimate of drug-likeness (QED) is 0.453. The summed E-state index contributed by atoms with van der Waals surface area (Å²) >= 11 is 0. The lowest BCUT2D eigenvalue weighted by molar-refractivity contribution is 0.0956. The van der Waals surface area contributed by atoms with Gasteiger partial charge in [-0.05, 0) is 49.7 Å². The topological polar surface area (TPSA) is 88.2 Å². The summed E-state index contributed by atoms with van der Waals surface area (Å²) in [5.74, 6) is 1.69. The number of aromatic nitrogens is 2. The average molecular weight is 403 g/mol. The molecule has 0 aliphatic carbocycles. The molecule has 2 aromatic carbocycles. The van der Waals surface area contributed by atoms with Gasteiger partial charge in [0.2, 0.25) is 5.95 Å². The highest BCUT2D eigenvalue weighted by molar-refractivity contribution is 5.95. The molecule has 0 saturated heterocycles. The van der Waals surface area contributed by atoms with Gasteiger partial charge in [0.1, 0.15) is 18.2 Å². The van der Waals surface area contributed by atoms with E-state index in [1.54, 1.807) is 30.5 Å². The van der Waals surface area contributed by atoms with Crippen molar-refractivity contribution in [2.45, 2.75) is 13.8 Å². The molecule has 0 atom stereocenters. The van der Waals surface area contributed by atoms with Crippen molar-refractivity contribution in [2.75, 3.05) is 23.8 Å². The van der Waals surface area contributed by atoms with Gasteiger partial charge in [0.25, 0.3) is 5.91 Å². The minimum atomic E-state index is -0.119. The van der Waals surface area contributed by atoms with Crippen molar-refractivity contribution >= 4 is 29.0 Å².